The van der Waals surface area contributed by atoms with E-state index in [2.05, 4.69) is 0 Å². The molecule has 0 bridgehead atoms. The molecule has 0 spiro atoms. The molecule has 0 amide bonds. The molecule has 0 unspecified atom stereocenters. The van der Waals surface area contributed by atoms with E-state index in [0.717, 1.165) is 0 Å². The lowest BCUT2D eigenvalue weighted by Crippen LogP contribution is -2.18. The van der Waals surface area contributed by atoms with E-state index in [0.29, 0.717) is 5.02 Å². The monoisotopic (exact) mass is 296 g/mol. The van der Waals surface area contributed by atoms with Crippen LogP contribution in [0.1, 0.15) is 13.8 Å². The number of rotatable bonds is 4. The molecule has 3 nitrogen and oxygen atoms in total. The number of hydrogen-bond acceptors (Lipinski definition) is 3. The Hall–Kier alpha value is -0.640. The summed E-state index contributed by atoms with van der Waals surface area (Å²) in [6.45, 7) is 3.25. The average molecular weight is 298 g/mol. The van der Waals surface area contributed by atoms with Crippen molar-refractivity contribution in [2.75, 3.05) is 6.61 Å². The molecule has 1 rings (SSSR count). The zero-order valence-corrected chi connectivity index (χ0v) is 11.6. The first kappa shape index (κ1) is 14.4. The number of carbonyl (C=O) groups is 1. The molecule has 0 aromatic heterocycles. The minimum absolute atomic E-state index is 0.192. The van der Waals surface area contributed by atoms with Crippen molar-refractivity contribution in [3.05, 3.63) is 27.2 Å². The van der Waals surface area contributed by atoms with Crippen LogP contribution in [-0.4, -0.2) is 18.7 Å². The number of ether oxygens (including phenoxy) is 2. The Kier molecular flexibility index (Phi) is 5.37. The summed E-state index contributed by atoms with van der Waals surface area (Å²) < 4.78 is 10.1. The van der Waals surface area contributed by atoms with Gasteiger partial charge in [-0.2, -0.15) is 0 Å². The standard InChI is InChI=1S/C11H11Cl3O3/c1-6(2)17-10(15)5-16-11-8(13)3-7(12)4-9(11)14/h3-4,6H,5H2,1-2H3. The second-order valence-corrected chi connectivity index (χ2v) is 4.78. The van der Waals surface area contributed by atoms with Gasteiger partial charge in [0.05, 0.1) is 16.1 Å². The molecule has 0 radical (unpaired) electrons. The summed E-state index contributed by atoms with van der Waals surface area (Å²) in [4.78, 5) is 11.3. The van der Waals surface area contributed by atoms with Gasteiger partial charge in [0.2, 0.25) is 0 Å². The summed E-state index contributed by atoms with van der Waals surface area (Å²) >= 11 is 17.5. The normalized spacial score (nSPS) is 10.5. The first-order chi connectivity index (χ1) is 7.90. The van der Waals surface area contributed by atoms with E-state index in [1.54, 1.807) is 13.8 Å². The lowest BCUT2D eigenvalue weighted by atomic mass is 10.3. The maximum absolute atomic E-state index is 11.3. The quantitative estimate of drug-likeness (QED) is 0.789. The largest absolute Gasteiger partial charge is 0.479 e. The molecule has 1 aromatic carbocycles. The molecule has 94 valence electrons. The first-order valence-corrected chi connectivity index (χ1v) is 6.00. The van der Waals surface area contributed by atoms with Crippen LogP contribution in [0.4, 0.5) is 0 Å². The highest BCUT2D eigenvalue weighted by Gasteiger charge is 2.12. The van der Waals surface area contributed by atoms with E-state index in [4.69, 9.17) is 44.3 Å². The molecular formula is C11H11Cl3O3. The molecule has 0 N–H and O–H groups in total. The van der Waals surface area contributed by atoms with Gasteiger partial charge in [0, 0.05) is 5.02 Å². The molecule has 1 aromatic rings. The summed E-state index contributed by atoms with van der Waals surface area (Å²) in [5, 5.41) is 0.900. The zero-order chi connectivity index (χ0) is 13.0. The number of hydrogen-bond donors (Lipinski definition) is 0. The number of carbonyl (C=O) groups excluding carboxylic acids is 1. The fourth-order valence-corrected chi connectivity index (χ4v) is 2.02. The van der Waals surface area contributed by atoms with Crippen molar-refractivity contribution >= 4 is 40.8 Å². The maximum Gasteiger partial charge on any atom is 0.344 e. The van der Waals surface area contributed by atoms with Gasteiger partial charge in [-0.1, -0.05) is 34.8 Å². The van der Waals surface area contributed by atoms with Crippen LogP contribution < -0.4 is 4.74 Å². The van der Waals surface area contributed by atoms with E-state index < -0.39 is 5.97 Å². The second-order valence-electron chi connectivity index (χ2n) is 3.53. The zero-order valence-electron chi connectivity index (χ0n) is 9.30. The van der Waals surface area contributed by atoms with Gasteiger partial charge in [-0.3, -0.25) is 0 Å². The molecule has 0 heterocycles. The van der Waals surface area contributed by atoms with Gasteiger partial charge in [-0.25, -0.2) is 4.79 Å². The summed E-state index contributed by atoms with van der Waals surface area (Å²) in [7, 11) is 0. The molecule has 6 heteroatoms. The molecule has 0 saturated carbocycles. The summed E-state index contributed by atoms with van der Waals surface area (Å²) in [6, 6.07) is 2.97. The van der Waals surface area contributed by atoms with Gasteiger partial charge >= 0.3 is 5.97 Å². The van der Waals surface area contributed by atoms with Crippen LogP contribution in [-0.2, 0) is 9.53 Å². The van der Waals surface area contributed by atoms with Crippen molar-refractivity contribution in [2.24, 2.45) is 0 Å². The predicted molar refractivity (Wildman–Crippen MR) is 68.2 cm³/mol. The van der Waals surface area contributed by atoms with Gasteiger partial charge in [0.1, 0.15) is 0 Å². The van der Waals surface area contributed by atoms with Gasteiger partial charge < -0.3 is 9.47 Å². The van der Waals surface area contributed by atoms with Crippen molar-refractivity contribution in [1.29, 1.82) is 0 Å². The number of esters is 1. The van der Waals surface area contributed by atoms with Crippen LogP contribution in [0, 0.1) is 0 Å². The third kappa shape index (κ3) is 4.62. The Balaban J connectivity index is 2.67. The Morgan fingerprint density at radius 3 is 2.24 bits per heavy atom. The van der Waals surface area contributed by atoms with Crippen LogP contribution in [0.25, 0.3) is 0 Å². The average Bonchev–Trinajstić information content (AvgIpc) is 2.14. The van der Waals surface area contributed by atoms with Crippen molar-refractivity contribution in [1.82, 2.24) is 0 Å². The van der Waals surface area contributed by atoms with E-state index in [9.17, 15) is 4.79 Å². The van der Waals surface area contributed by atoms with Crippen molar-refractivity contribution < 1.29 is 14.3 Å². The molecule has 0 aliphatic rings. The fraction of sp³-hybridized carbons (Fsp3) is 0.364. The van der Waals surface area contributed by atoms with Crippen molar-refractivity contribution in [3.63, 3.8) is 0 Å². The highest BCUT2D eigenvalue weighted by molar-refractivity contribution is 6.40. The highest BCUT2D eigenvalue weighted by atomic mass is 35.5. The number of benzene rings is 1. The second kappa shape index (κ2) is 6.34. The Labute approximate surface area is 115 Å². The third-order valence-corrected chi connectivity index (χ3v) is 2.44. The smallest absolute Gasteiger partial charge is 0.344 e. The van der Waals surface area contributed by atoms with Gasteiger partial charge in [0.15, 0.2) is 12.4 Å². The van der Waals surface area contributed by atoms with Crippen LogP contribution >= 0.6 is 34.8 Å². The lowest BCUT2D eigenvalue weighted by Gasteiger charge is -2.11. The predicted octanol–water partition coefficient (Wildman–Crippen LogP) is 3.98. The van der Waals surface area contributed by atoms with E-state index in [1.807, 2.05) is 0 Å². The Bertz CT molecular complexity index is 395. The Morgan fingerprint density at radius 2 is 1.76 bits per heavy atom. The SMILES string of the molecule is CC(C)OC(=O)COc1c(Cl)cc(Cl)cc1Cl. The molecule has 0 aliphatic carbocycles. The molecule has 0 aliphatic heterocycles. The molecular weight excluding hydrogens is 286 g/mol. The molecule has 0 fully saturated rings. The van der Waals surface area contributed by atoms with Gasteiger partial charge in [0.25, 0.3) is 0 Å². The van der Waals surface area contributed by atoms with E-state index in [-0.39, 0.29) is 28.5 Å². The van der Waals surface area contributed by atoms with E-state index in [1.165, 1.54) is 12.1 Å². The highest BCUT2D eigenvalue weighted by Crippen LogP contribution is 2.35. The van der Waals surface area contributed by atoms with E-state index >= 15 is 0 Å². The summed E-state index contributed by atoms with van der Waals surface area (Å²) in [5.41, 5.74) is 0. The fourth-order valence-electron chi connectivity index (χ4n) is 1.09. The van der Waals surface area contributed by atoms with Crippen molar-refractivity contribution in [3.8, 4) is 5.75 Å². The van der Waals surface area contributed by atoms with Crippen LogP contribution in [0.3, 0.4) is 0 Å². The first-order valence-electron chi connectivity index (χ1n) is 4.87. The van der Waals surface area contributed by atoms with Gasteiger partial charge in [-0.05, 0) is 26.0 Å². The van der Waals surface area contributed by atoms with Crippen LogP contribution in [0.2, 0.25) is 15.1 Å². The molecule has 0 atom stereocenters. The topological polar surface area (TPSA) is 35.5 Å². The third-order valence-electron chi connectivity index (χ3n) is 1.66. The summed E-state index contributed by atoms with van der Waals surface area (Å²) in [5.74, 6) is -0.263. The lowest BCUT2D eigenvalue weighted by molar-refractivity contribution is -0.149. The van der Waals surface area contributed by atoms with Crippen LogP contribution in [0.15, 0.2) is 12.1 Å². The van der Waals surface area contributed by atoms with Crippen molar-refractivity contribution in [2.45, 2.75) is 20.0 Å². The Morgan fingerprint density at radius 1 is 1.24 bits per heavy atom. The minimum atomic E-state index is -0.484. The number of halogens is 3. The van der Waals surface area contributed by atoms with Crippen LogP contribution in [0.5, 0.6) is 5.75 Å². The summed E-state index contributed by atoms with van der Waals surface area (Å²) in [6.07, 6.45) is -0.192. The molecule has 0 saturated heterocycles. The minimum Gasteiger partial charge on any atom is -0.479 e. The maximum atomic E-state index is 11.3. The van der Waals surface area contributed by atoms with Gasteiger partial charge in [-0.15, -0.1) is 0 Å². The molecule has 17 heavy (non-hydrogen) atoms.